The van der Waals surface area contributed by atoms with E-state index < -0.39 is 0 Å². The van der Waals surface area contributed by atoms with Gasteiger partial charge in [-0.3, -0.25) is 14.2 Å². The monoisotopic (exact) mass is 476 g/mol. The van der Waals surface area contributed by atoms with Crippen molar-refractivity contribution in [1.29, 1.82) is 0 Å². The summed E-state index contributed by atoms with van der Waals surface area (Å²) in [4.78, 5) is 32.6. The van der Waals surface area contributed by atoms with Crippen molar-refractivity contribution in [3.8, 4) is 5.69 Å². The number of hydrogen-bond acceptors (Lipinski definition) is 5. The zero-order chi connectivity index (χ0) is 21.8. The second-order valence-electron chi connectivity index (χ2n) is 7.34. The van der Waals surface area contributed by atoms with Crippen molar-refractivity contribution >= 4 is 51.8 Å². The average Bonchev–Trinajstić information content (AvgIpc) is 3.27. The number of hydrogen-bond donors (Lipinski definition) is 1. The predicted molar refractivity (Wildman–Crippen MR) is 127 cm³/mol. The summed E-state index contributed by atoms with van der Waals surface area (Å²) in [6.45, 7) is 3.66. The van der Waals surface area contributed by atoms with Gasteiger partial charge in [-0.1, -0.05) is 47.1 Å². The molecule has 4 rings (SSSR count). The largest absolute Gasteiger partial charge is 0.354 e. The number of fused-ring (bicyclic) bond motifs is 1. The van der Waals surface area contributed by atoms with Gasteiger partial charge in [0.2, 0.25) is 5.91 Å². The fraction of sp³-hybridized carbons (Fsp3) is 0.318. The molecule has 0 unspecified atom stereocenters. The molecule has 3 aromatic rings. The number of thioether (sulfide) groups is 1. The second-order valence-corrected chi connectivity index (χ2v) is 9.12. The van der Waals surface area contributed by atoms with Gasteiger partial charge in [-0.2, -0.15) is 0 Å². The van der Waals surface area contributed by atoms with E-state index in [1.807, 2.05) is 6.07 Å². The highest BCUT2D eigenvalue weighted by Gasteiger charge is 2.17. The van der Waals surface area contributed by atoms with Gasteiger partial charge in [0.15, 0.2) is 5.16 Å². The Hall–Kier alpha value is -2.06. The van der Waals surface area contributed by atoms with Crippen LogP contribution >= 0.6 is 35.0 Å². The fourth-order valence-corrected chi connectivity index (χ4v) is 4.95. The van der Waals surface area contributed by atoms with Crippen LogP contribution in [0.15, 0.2) is 52.4 Å². The number of halogens is 2. The molecule has 1 aliphatic rings. The van der Waals surface area contributed by atoms with Gasteiger partial charge in [0.1, 0.15) is 0 Å². The molecule has 1 saturated heterocycles. The first-order valence-corrected chi connectivity index (χ1v) is 11.9. The Morgan fingerprint density at radius 2 is 1.90 bits per heavy atom. The standard InChI is InChI=1S/C22H22Cl2N4O2S/c23-15-7-8-19(17(24)13-15)28-21(30)16-5-1-2-6-18(16)26-22(28)31-14-20(29)25-9-12-27-10-3-4-11-27/h1-2,5-8,13H,3-4,9-12,14H2,(H,25,29). The first kappa shape index (κ1) is 22.1. The third kappa shape index (κ3) is 5.23. The summed E-state index contributed by atoms with van der Waals surface area (Å²) in [5, 5.41) is 4.65. The van der Waals surface area contributed by atoms with Crippen molar-refractivity contribution in [2.24, 2.45) is 0 Å². The van der Waals surface area contributed by atoms with Crippen LogP contribution < -0.4 is 10.9 Å². The lowest BCUT2D eigenvalue weighted by Gasteiger charge is -2.16. The molecule has 2 aromatic carbocycles. The molecule has 1 N–H and O–H groups in total. The highest BCUT2D eigenvalue weighted by atomic mass is 35.5. The molecule has 0 spiro atoms. The number of benzene rings is 2. The molecule has 1 amide bonds. The van der Waals surface area contributed by atoms with Gasteiger partial charge in [-0.05, 0) is 56.3 Å². The van der Waals surface area contributed by atoms with E-state index in [-0.39, 0.29) is 17.2 Å². The van der Waals surface area contributed by atoms with E-state index in [1.54, 1.807) is 36.4 Å². The Kier molecular flexibility index (Phi) is 7.17. The van der Waals surface area contributed by atoms with E-state index in [0.29, 0.717) is 38.3 Å². The van der Waals surface area contributed by atoms with Crippen molar-refractivity contribution in [2.75, 3.05) is 31.9 Å². The van der Waals surface area contributed by atoms with Gasteiger partial charge in [-0.15, -0.1) is 0 Å². The van der Waals surface area contributed by atoms with Gasteiger partial charge in [0.05, 0.1) is 27.4 Å². The number of carbonyl (C=O) groups is 1. The topological polar surface area (TPSA) is 67.2 Å². The minimum absolute atomic E-state index is 0.0969. The van der Waals surface area contributed by atoms with Crippen LogP contribution in [0, 0.1) is 0 Å². The number of likely N-dealkylation sites (tertiary alicyclic amines) is 1. The van der Waals surface area contributed by atoms with Gasteiger partial charge >= 0.3 is 0 Å². The molecule has 6 nitrogen and oxygen atoms in total. The molecule has 1 aromatic heterocycles. The number of nitrogens with one attached hydrogen (secondary N) is 1. The molecule has 0 saturated carbocycles. The number of amides is 1. The molecule has 2 heterocycles. The molecule has 1 fully saturated rings. The summed E-state index contributed by atoms with van der Waals surface area (Å²) < 4.78 is 1.45. The summed E-state index contributed by atoms with van der Waals surface area (Å²) in [6.07, 6.45) is 2.45. The fourth-order valence-electron chi connectivity index (χ4n) is 3.63. The Balaban J connectivity index is 1.57. The summed E-state index contributed by atoms with van der Waals surface area (Å²) in [5.74, 6) is 0.0519. The number of carbonyl (C=O) groups excluding carboxylic acids is 1. The molecular weight excluding hydrogens is 455 g/mol. The van der Waals surface area contributed by atoms with Crippen LogP contribution in [-0.4, -0.2) is 52.3 Å². The Morgan fingerprint density at radius 1 is 1.13 bits per heavy atom. The zero-order valence-electron chi connectivity index (χ0n) is 16.8. The highest BCUT2D eigenvalue weighted by Crippen LogP contribution is 2.28. The first-order chi connectivity index (χ1) is 15.0. The van der Waals surface area contributed by atoms with Gasteiger partial charge < -0.3 is 10.2 Å². The summed E-state index contributed by atoms with van der Waals surface area (Å²) >= 11 is 13.6. The minimum atomic E-state index is -0.244. The molecular formula is C22H22Cl2N4O2S. The third-order valence-corrected chi connectivity index (χ3v) is 6.65. The van der Waals surface area contributed by atoms with Crippen molar-refractivity contribution in [1.82, 2.24) is 19.8 Å². The van der Waals surface area contributed by atoms with Crippen molar-refractivity contribution in [3.63, 3.8) is 0 Å². The first-order valence-electron chi connectivity index (χ1n) is 10.1. The van der Waals surface area contributed by atoms with E-state index in [9.17, 15) is 9.59 Å². The van der Waals surface area contributed by atoms with E-state index in [2.05, 4.69) is 15.2 Å². The normalized spacial score (nSPS) is 14.3. The molecule has 0 bridgehead atoms. The van der Waals surface area contributed by atoms with Crippen LogP contribution in [-0.2, 0) is 4.79 Å². The lowest BCUT2D eigenvalue weighted by atomic mass is 10.2. The van der Waals surface area contributed by atoms with Crippen molar-refractivity contribution < 1.29 is 4.79 Å². The minimum Gasteiger partial charge on any atom is -0.354 e. The van der Waals surface area contributed by atoms with Crippen LogP contribution in [0.4, 0.5) is 0 Å². The molecule has 0 aliphatic carbocycles. The molecule has 0 atom stereocenters. The van der Waals surface area contributed by atoms with Gasteiger partial charge in [0.25, 0.3) is 5.56 Å². The maximum absolute atomic E-state index is 13.3. The quantitative estimate of drug-likeness (QED) is 0.412. The number of para-hydroxylation sites is 1. The van der Waals surface area contributed by atoms with E-state index in [1.165, 1.54) is 29.2 Å². The number of rotatable bonds is 7. The zero-order valence-corrected chi connectivity index (χ0v) is 19.1. The number of aromatic nitrogens is 2. The second kappa shape index (κ2) is 10.0. The van der Waals surface area contributed by atoms with E-state index >= 15 is 0 Å². The Bertz CT molecular complexity index is 1160. The van der Waals surface area contributed by atoms with E-state index in [4.69, 9.17) is 23.2 Å². The van der Waals surface area contributed by atoms with Gasteiger partial charge in [-0.25, -0.2) is 4.98 Å². The van der Waals surface area contributed by atoms with Crippen LogP contribution in [0.5, 0.6) is 0 Å². The Labute approximate surface area is 194 Å². The van der Waals surface area contributed by atoms with Crippen molar-refractivity contribution in [3.05, 3.63) is 62.9 Å². The van der Waals surface area contributed by atoms with E-state index in [0.717, 1.165) is 19.6 Å². The predicted octanol–water partition coefficient (Wildman–Crippen LogP) is 4.00. The lowest BCUT2D eigenvalue weighted by Crippen LogP contribution is -2.34. The van der Waals surface area contributed by atoms with Crippen LogP contribution in [0.2, 0.25) is 10.0 Å². The van der Waals surface area contributed by atoms with Crippen molar-refractivity contribution in [2.45, 2.75) is 18.0 Å². The average molecular weight is 477 g/mol. The molecule has 31 heavy (non-hydrogen) atoms. The van der Waals surface area contributed by atoms with Crippen LogP contribution in [0.3, 0.4) is 0 Å². The third-order valence-electron chi connectivity index (χ3n) is 5.18. The van der Waals surface area contributed by atoms with Crippen LogP contribution in [0.1, 0.15) is 12.8 Å². The number of nitrogens with zero attached hydrogens (tertiary/aromatic N) is 3. The summed E-state index contributed by atoms with van der Waals surface area (Å²) in [7, 11) is 0. The maximum Gasteiger partial charge on any atom is 0.266 e. The molecule has 162 valence electrons. The lowest BCUT2D eigenvalue weighted by molar-refractivity contribution is -0.118. The summed E-state index contributed by atoms with van der Waals surface area (Å²) in [5.41, 5.74) is 0.809. The Morgan fingerprint density at radius 3 is 2.68 bits per heavy atom. The summed E-state index contributed by atoms with van der Waals surface area (Å²) in [6, 6.07) is 12.1. The van der Waals surface area contributed by atoms with Gasteiger partial charge in [0, 0.05) is 18.1 Å². The SMILES string of the molecule is O=C(CSc1nc2ccccc2c(=O)n1-c1ccc(Cl)cc1Cl)NCCN1CCCC1. The smallest absolute Gasteiger partial charge is 0.266 e. The molecule has 1 aliphatic heterocycles. The highest BCUT2D eigenvalue weighted by molar-refractivity contribution is 7.99. The molecule has 0 radical (unpaired) electrons. The maximum atomic E-state index is 13.3. The molecule has 9 heteroatoms. The van der Waals surface area contributed by atoms with Crippen LogP contribution in [0.25, 0.3) is 16.6 Å².